The molecule has 1 aromatic rings. The summed E-state index contributed by atoms with van der Waals surface area (Å²) in [7, 11) is 0. The number of alkyl halides is 1. The summed E-state index contributed by atoms with van der Waals surface area (Å²) in [5.41, 5.74) is 0.781. The molecular formula is C8H8FI. The largest absolute Gasteiger partial charge is 0.243 e. The molecule has 0 N–H and O–H groups in total. The van der Waals surface area contributed by atoms with E-state index in [9.17, 15) is 4.39 Å². The highest BCUT2D eigenvalue weighted by molar-refractivity contribution is 14.1. The molecular weight excluding hydrogens is 242 g/mol. The molecule has 0 bridgehead atoms. The van der Waals surface area contributed by atoms with Gasteiger partial charge in [0.05, 0.1) is 0 Å². The van der Waals surface area contributed by atoms with Crippen molar-refractivity contribution in [3.8, 4) is 0 Å². The lowest BCUT2D eigenvalue weighted by Gasteiger charge is -2.02. The first kappa shape index (κ1) is 7.98. The number of hydrogen-bond acceptors (Lipinski definition) is 0. The van der Waals surface area contributed by atoms with Gasteiger partial charge in [-0.15, -0.1) is 0 Å². The summed E-state index contributed by atoms with van der Waals surface area (Å²) in [4.78, 5) is 0. The van der Waals surface area contributed by atoms with Crippen LogP contribution in [0, 0.1) is 3.57 Å². The van der Waals surface area contributed by atoms with Gasteiger partial charge in [0.2, 0.25) is 0 Å². The van der Waals surface area contributed by atoms with Crippen LogP contribution in [0.5, 0.6) is 0 Å². The third-order valence-electron chi connectivity index (χ3n) is 1.33. The Hall–Kier alpha value is -0.120. The maximum absolute atomic E-state index is 12.7. The molecule has 1 rings (SSSR count). The van der Waals surface area contributed by atoms with E-state index in [0.717, 1.165) is 9.13 Å². The highest BCUT2D eigenvalue weighted by Crippen LogP contribution is 2.21. The van der Waals surface area contributed by atoms with E-state index in [1.807, 2.05) is 24.3 Å². The minimum absolute atomic E-state index is 0.781. The number of rotatable bonds is 1. The molecule has 0 aliphatic heterocycles. The van der Waals surface area contributed by atoms with Gasteiger partial charge >= 0.3 is 0 Å². The van der Waals surface area contributed by atoms with Crippen LogP contribution in [-0.2, 0) is 0 Å². The van der Waals surface area contributed by atoms with Crippen molar-refractivity contribution in [1.82, 2.24) is 0 Å². The number of hydrogen-bond donors (Lipinski definition) is 0. The van der Waals surface area contributed by atoms with E-state index < -0.39 is 6.17 Å². The molecule has 1 unspecified atom stereocenters. The molecule has 0 radical (unpaired) electrons. The summed E-state index contributed by atoms with van der Waals surface area (Å²) in [6.07, 6.45) is -0.854. The predicted octanol–water partition coefficient (Wildman–Crippen LogP) is 3.32. The maximum atomic E-state index is 12.7. The first-order chi connectivity index (χ1) is 4.72. The second-order valence-electron chi connectivity index (χ2n) is 2.14. The Labute approximate surface area is 73.6 Å². The zero-order valence-electron chi connectivity index (χ0n) is 5.64. The molecule has 2 heteroatoms. The normalized spacial score (nSPS) is 13.1. The standard InChI is InChI=1S/C8H8FI/c1-6(9)7-4-2-3-5-8(7)10/h2-6H,1H3. The lowest BCUT2D eigenvalue weighted by atomic mass is 10.1. The van der Waals surface area contributed by atoms with Crippen LogP contribution in [0.25, 0.3) is 0 Å². The van der Waals surface area contributed by atoms with Gasteiger partial charge in [0.1, 0.15) is 6.17 Å². The van der Waals surface area contributed by atoms with Gasteiger partial charge in [-0.05, 0) is 41.1 Å². The van der Waals surface area contributed by atoms with Crippen LogP contribution in [0.2, 0.25) is 0 Å². The fraction of sp³-hybridized carbons (Fsp3) is 0.250. The van der Waals surface area contributed by atoms with Crippen LogP contribution in [0.1, 0.15) is 18.7 Å². The van der Waals surface area contributed by atoms with Gasteiger partial charge in [-0.25, -0.2) is 4.39 Å². The van der Waals surface area contributed by atoms with Crippen molar-refractivity contribution in [2.75, 3.05) is 0 Å². The Morgan fingerprint density at radius 3 is 2.40 bits per heavy atom. The van der Waals surface area contributed by atoms with Gasteiger partial charge in [-0.2, -0.15) is 0 Å². The molecule has 0 aromatic heterocycles. The van der Waals surface area contributed by atoms with E-state index >= 15 is 0 Å². The average molecular weight is 250 g/mol. The van der Waals surface area contributed by atoms with Crippen molar-refractivity contribution in [3.63, 3.8) is 0 Å². The molecule has 10 heavy (non-hydrogen) atoms. The van der Waals surface area contributed by atoms with Crippen molar-refractivity contribution in [2.45, 2.75) is 13.1 Å². The quantitative estimate of drug-likeness (QED) is 0.670. The number of benzene rings is 1. The van der Waals surface area contributed by atoms with Crippen molar-refractivity contribution < 1.29 is 4.39 Å². The van der Waals surface area contributed by atoms with Gasteiger partial charge in [0, 0.05) is 3.57 Å². The Morgan fingerprint density at radius 1 is 1.40 bits per heavy atom. The molecule has 0 spiro atoms. The zero-order chi connectivity index (χ0) is 7.56. The van der Waals surface area contributed by atoms with Gasteiger partial charge in [-0.1, -0.05) is 18.2 Å². The Kier molecular flexibility index (Phi) is 2.65. The summed E-state index contributed by atoms with van der Waals surface area (Å²) in [5.74, 6) is 0. The van der Waals surface area contributed by atoms with E-state index in [1.165, 1.54) is 0 Å². The summed E-state index contributed by atoms with van der Waals surface area (Å²) in [6.45, 7) is 1.55. The highest BCUT2D eigenvalue weighted by Gasteiger charge is 2.04. The van der Waals surface area contributed by atoms with Crippen molar-refractivity contribution in [2.24, 2.45) is 0 Å². The van der Waals surface area contributed by atoms with E-state index in [1.54, 1.807) is 6.92 Å². The molecule has 0 fully saturated rings. The first-order valence-electron chi connectivity index (χ1n) is 3.10. The van der Waals surface area contributed by atoms with Gasteiger partial charge in [0.25, 0.3) is 0 Å². The zero-order valence-corrected chi connectivity index (χ0v) is 7.80. The fourth-order valence-electron chi connectivity index (χ4n) is 0.798. The third-order valence-corrected chi connectivity index (χ3v) is 2.32. The second kappa shape index (κ2) is 3.32. The molecule has 0 amide bonds. The average Bonchev–Trinajstić information content (AvgIpc) is 1.88. The second-order valence-corrected chi connectivity index (χ2v) is 3.30. The van der Waals surface area contributed by atoms with Crippen molar-refractivity contribution in [1.29, 1.82) is 0 Å². The van der Waals surface area contributed by atoms with Crippen LogP contribution in [-0.4, -0.2) is 0 Å². The molecule has 1 atom stereocenters. The lowest BCUT2D eigenvalue weighted by Crippen LogP contribution is -1.87. The van der Waals surface area contributed by atoms with E-state index in [-0.39, 0.29) is 0 Å². The van der Waals surface area contributed by atoms with Gasteiger partial charge < -0.3 is 0 Å². The summed E-state index contributed by atoms with van der Waals surface area (Å²) < 4.78 is 13.7. The highest BCUT2D eigenvalue weighted by atomic mass is 127. The van der Waals surface area contributed by atoms with Crippen LogP contribution >= 0.6 is 22.6 Å². The summed E-state index contributed by atoms with van der Waals surface area (Å²) >= 11 is 2.14. The fourth-order valence-corrected chi connectivity index (χ4v) is 1.61. The van der Waals surface area contributed by atoms with Crippen LogP contribution in [0.3, 0.4) is 0 Å². The third kappa shape index (κ3) is 1.68. The molecule has 0 saturated carbocycles. The van der Waals surface area contributed by atoms with E-state index in [0.29, 0.717) is 0 Å². The number of halogens is 2. The summed E-state index contributed by atoms with van der Waals surface area (Å²) in [6, 6.07) is 7.49. The van der Waals surface area contributed by atoms with E-state index in [2.05, 4.69) is 22.6 Å². The SMILES string of the molecule is CC(F)c1ccccc1I. The minimum atomic E-state index is -0.854. The summed E-state index contributed by atoms with van der Waals surface area (Å²) in [5, 5.41) is 0. The predicted molar refractivity (Wildman–Crippen MR) is 48.7 cm³/mol. The Bertz CT molecular complexity index is 220. The molecule has 0 heterocycles. The topological polar surface area (TPSA) is 0 Å². The molecule has 1 aromatic carbocycles. The molecule has 0 nitrogen and oxygen atoms in total. The smallest absolute Gasteiger partial charge is 0.123 e. The first-order valence-corrected chi connectivity index (χ1v) is 4.18. The lowest BCUT2D eigenvalue weighted by molar-refractivity contribution is 0.373. The van der Waals surface area contributed by atoms with Crippen LogP contribution in [0.15, 0.2) is 24.3 Å². The Balaban J connectivity index is 3.03. The van der Waals surface area contributed by atoms with Crippen molar-refractivity contribution in [3.05, 3.63) is 33.4 Å². The monoisotopic (exact) mass is 250 g/mol. The molecule has 0 saturated heterocycles. The minimum Gasteiger partial charge on any atom is -0.243 e. The molecule has 0 aliphatic rings. The molecule has 54 valence electrons. The van der Waals surface area contributed by atoms with Crippen LogP contribution in [0.4, 0.5) is 4.39 Å². The van der Waals surface area contributed by atoms with Crippen LogP contribution < -0.4 is 0 Å². The molecule has 0 aliphatic carbocycles. The van der Waals surface area contributed by atoms with Gasteiger partial charge in [0.15, 0.2) is 0 Å². The van der Waals surface area contributed by atoms with E-state index in [4.69, 9.17) is 0 Å². The Morgan fingerprint density at radius 2 is 2.00 bits per heavy atom. The maximum Gasteiger partial charge on any atom is 0.123 e. The van der Waals surface area contributed by atoms with Gasteiger partial charge in [-0.3, -0.25) is 0 Å². The van der Waals surface area contributed by atoms with Crippen molar-refractivity contribution >= 4 is 22.6 Å².